The van der Waals surface area contributed by atoms with Crippen molar-refractivity contribution in [2.45, 2.75) is 91.6 Å². The maximum Gasteiger partial charge on any atom is 0.312 e. The van der Waals surface area contributed by atoms with Crippen molar-refractivity contribution in [1.29, 1.82) is 0 Å². The summed E-state index contributed by atoms with van der Waals surface area (Å²) in [5, 5.41) is 2.59. The van der Waals surface area contributed by atoms with Crippen molar-refractivity contribution < 1.29 is 14.4 Å². The van der Waals surface area contributed by atoms with Crippen molar-refractivity contribution in [3.63, 3.8) is 0 Å². The zero-order valence-electron chi connectivity index (χ0n) is 23.1. The van der Waals surface area contributed by atoms with E-state index >= 15 is 0 Å². The zero-order valence-corrected chi connectivity index (χ0v) is 23.1. The van der Waals surface area contributed by atoms with E-state index in [2.05, 4.69) is 61.7 Å². The van der Waals surface area contributed by atoms with Crippen LogP contribution in [-0.4, -0.2) is 49.4 Å². The molecule has 0 aliphatic carbocycles. The van der Waals surface area contributed by atoms with Crippen LogP contribution in [0.3, 0.4) is 0 Å². The molecule has 1 fully saturated rings. The molecule has 0 bridgehead atoms. The summed E-state index contributed by atoms with van der Waals surface area (Å²) in [6, 6.07) is 0.183. The lowest BCUT2D eigenvalue weighted by molar-refractivity contribution is -0.107. The van der Waals surface area contributed by atoms with Gasteiger partial charge in [-0.25, -0.2) is 4.79 Å². The van der Waals surface area contributed by atoms with E-state index in [1.54, 1.807) is 6.08 Å². The molecule has 0 aromatic rings. The van der Waals surface area contributed by atoms with E-state index < -0.39 is 6.03 Å². The van der Waals surface area contributed by atoms with E-state index in [1.807, 2.05) is 26.8 Å². The van der Waals surface area contributed by atoms with E-state index in [9.17, 15) is 4.79 Å². The van der Waals surface area contributed by atoms with Crippen LogP contribution in [0.5, 0.6) is 0 Å². The number of nitrogens with zero attached hydrogens (tertiary/aromatic N) is 1. The van der Waals surface area contributed by atoms with E-state index in [4.69, 9.17) is 21.7 Å². The Balaban J connectivity index is -0.000000210. The summed E-state index contributed by atoms with van der Waals surface area (Å²) in [7, 11) is 2.24. The molecule has 1 aliphatic rings. The molecule has 7 N–H and O–H groups in total. The predicted octanol–water partition coefficient (Wildman–Crippen LogP) is 3.95. The first-order valence-electron chi connectivity index (χ1n) is 12.2. The molecule has 1 heterocycles. The fourth-order valence-electron chi connectivity index (χ4n) is 3.44. The maximum absolute atomic E-state index is 10.5. The van der Waals surface area contributed by atoms with Gasteiger partial charge in [0, 0.05) is 12.5 Å². The van der Waals surface area contributed by atoms with Gasteiger partial charge in [0.2, 0.25) is 12.8 Å². The molecule has 1 aliphatic heterocycles. The third kappa shape index (κ3) is 27.3. The van der Waals surface area contributed by atoms with Gasteiger partial charge in [0.25, 0.3) is 0 Å². The third-order valence-corrected chi connectivity index (χ3v) is 4.99. The number of terminal acetylenes is 1. The molecule has 1 saturated heterocycles. The smallest absolute Gasteiger partial charge is 0.312 e. The average Bonchev–Trinajstić information content (AvgIpc) is 3.19. The van der Waals surface area contributed by atoms with Crippen molar-refractivity contribution in [2.75, 3.05) is 13.6 Å². The fraction of sp³-hybridized carbons (Fsp3) is 0.667. The molecular formula is C27H53N5O3. The number of nitrogens with one attached hydrogen (secondary N) is 1. The average molecular weight is 496 g/mol. The van der Waals surface area contributed by atoms with Gasteiger partial charge < -0.3 is 27.4 Å². The van der Waals surface area contributed by atoms with Gasteiger partial charge in [-0.05, 0) is 57.0 Å². The number of urea groups is 1. The van der Waals surface area contributed by atoms with Crippen molar-refractivity contribution in [3.8, 4) is 12.3 Å². The Kier molecular flexibility index (Phi) is 30.9. The van der Waals surface area contributed by atoms with Gasteiger partial charge >= 0.3 is 6.03 Å². The van der Waals surface area contributed by atoms with Crippen LogP contribution in [0, 0.1) is 23.7 Å². The minimum Gasteiger partial charge on any atom is -0.372 e. The van der Waals surface area contributed by atoms with Crippen LogP contribution < -0.4 is 22.5 Å². The van der Waals surface area contributed by atoms with Crippen LogP contribution in [0.25, 0.3) is 0 Å². The number of hydrogen-bond donors (Lipinski definition) is 4. The summed E-state index contributed by atoms with van der Waals surface area (Å²) >= 11 is 0. The van der Waals surface area contributed by atoms with E-state index in [1.165, 1.54) is 38.6 Å². The van der Waals surface area contributed by atoms with Gasteiger partial charge in [-0.3, -0.25) is 9.59 Å². The molecule has 0 aromatic heterocycles. The Bertz CT molecular complexity index is 576. The number of carbonyl (C=O) groups is 3. The van der Waals surface area contributed by atoms with Crippen molar-refractivity contribution in [1.82, 2.24) is 10.2 Å². The van der Waals surface area contributed by atoms with E-state index in [0.717, 1.165) is 24.8 Å². The normalized spacial score (nSPS) is 15.6. The summed E-state index contributed by atoms with van der Waals surface area (Å²) in [6.07, 6.45) is 18.0. The van der Waals surface area contributed by atoms with Crippen LogP contribution in [0.4, 0.5) is 4.79 Å². The quantitative estimate of drug-likeness (QED) is 0.229. The van der Waals surface area contributed by atoms with E-state index in [-0.39, 0.29) is 24.3 Å². The van der Waals surface area contributed by atoms with Crippen molar-refractivity contribution in [3.05, 3.63) is 25.3 Å². The first-order chi connectivity index (χ1) is 16.4. The standard InChI is InChI=1S/C14H23N.C8H16N2O.C3H8.2CH3NO/c1-4-6-9-13(10-7-5-2)14-11-8-12-15(14)3;1-5-6(8(2,3)4)10-7(9)11;1-3-2;2*2-1-3/h1,5,13-14H,2,6-12H2,3H3;5-6H,1H2,2-4H3,(H3,9,10,11);3H2,1-2H3;2*1H,(H2,2,3). The second-order valence-electron chi connectivity index (χ2n) is 9.13. The Morgan fingerprint density at radius 2 is 1.69 bits per heavy atom. The van der Waals surface area contributed by atoms with Gasteiger partial charge in [-0.15, -0.1) is 25.5 Å². The van der Waals surface area contributed by atoms with Crippen molar-refractivity contribution >= 4 is 18.9 Å². The molecule has 0 radical (unpaired) electrons. The van der Waals surface area contributed by atoms with Gasteiger partial charge in [0.1, 0.15) is 0 Å². The molecule has 8 nitrogen and oxygen atoms in total. The summed E-state index contributed by atoms with van der Waals surface area (Å²) in [4.78, 5) is 30.1. The molecule has 4 amide bonds. The molecule has 3 unspecified atom stereocenters. The minimum absolute atomic E-state index is 0.0310. The first kappa shape index (κ1) is 39.4. The fourth-order valence-corrected chi connectivity index (χ4v) is 3.44. The lowest BCUT2D eigenvalue weighted by atomic mass is 9.87. The highest BCUT2D eigenvalue weighted by Gasteiger charge is 2.28. The molecule has 0 saturated carbocycles. The number of primary amides is 3. The van der Waals surface area contributed by atoms with Gasteiger partial charge in [-0.1, -0.05) is 53.2 Å². The summed E-state index contributed by atoms with van der Waals surface area (Å²) in [5.74, 6) is 3.54. The number of allylic oxidation sites excluding steroid dienone is 1. The maximum atomic E-state index is 10.5. The Morgan fingerprint density at radius 3 is 1.94 bits per heavy atom. The first-order valence-corrected chi connectivity index (χ1v) is 12.2. The summed E-state index contributed by atoms with van der Waals surface area (Å²) in [5.41, 5.74) is 13.3. The zero-order chi connectivity index (χ0) is 28.3. The van der Waals surface area contributed by atoms with Gasteiger partial charge in [0.05, 0.1) is 6.04 Å². The number of nitrogens with two attached hydrogens (primary N) is 3. The van der Waals surface area contributed by atoms with Crippen LogP contribution in [-0.2, 0) is 9.59 Å². The number of rotatable bonds is 8. The minimum atomic E-state index is -0.509. The molecule has 0 aromatic carbocycles. The summed E-state index contributed by atoms with van der Waals surface area (Å²) < 4.78 is 0. The van der Waals surface area contributed by atoms with Crippen LogP contribution in [0.2, 0.25) is 0 Å². The second kappa shape index (κ2) is 27.5. The van der Waals surface area contributed by atoms with E-state index in [0.29, 0.717) is 0 Å². The molecule has 204 valence electrons. The molecular weight excluding hydrogens is 442 g/mol. The lowest BCUT2D eigenvalue weighted by Gasteiger charge is -2.28. The Morgan fingerprint density at radius 1 is 1.20 bits per heavy atom. The highest BCUT2D eigenvalue weighted by atomic mass is 16.2. The highest BCUT2D eigenvalue weighted by molar-refractivity contribution is 5.72. The molecule has 35 heavy (non-hydrogen) atoms. The number of hydrogen-bond acceptors (Lipinski definition) is 4. The van der Waals surface area contributed by atoms with Crippen molar-refractivity contribution in [2.24, 2.45) is 28.5 Å². The summed E-state index contributed by atoms with van der Waals surface area (Å²) in [6.45, 7) is 18.9. The van der Waals surface area contributed by atoms with Crippen LogP contribution in [0.1, 0.15) is 79.6 Å². The Hall–Kier alpha value is -2.79. The number of likely N-dealkylation sites (tertiary alicyclic amines) is 1. The molecule has 1 rings (SSSR count). The topological polar surface area (TPSA) is 145 Å². The van der Waals surface area contributed by atoms with Gasteiger partial charge in [-0.2, -0.15) is 0 Å². The Labute approximate surface area is 215 Å². The predicted molar refractivity (Wildman–Crippen MR) is 149 cm³/mol. The van der Waals surface area contributed by atoms with Gasteiger partial charge in [0.15, 0.2) is 0 Å². The monoisotopic (exact) mass is 495 g/mol. The third-order valence-electron chi connectivity index (χ3n) is 4.99. The van der Waals surface area contributed by atoms with Crippen LogP contribution >= 0.6 is 0 Å². The highest BCUT2D eigenvalue weighted by Crippen LogP contribution is 2.29. The largest absolute Gasteiger partial charge is 0.372 e. The molecule has 0 spiro atoms. The molecule has 8 heteroatoms. The molecule has 3 atom stereocenters. The SMILES string of the molecule is C#CCCC(CCC=C)C1CCCN1C.C=CC(NC(N)=O)C(C)(C)C.CCC.NC=O.NC=O. The lowest BCUT2D eigenvalue weighted by Crippen LogP contribution is -2.44. The van der Waals surface area contributed by atoms with Crippen LogP contribution in [0.15, 0.2) is 25.3 Å². The second-order valence-corrected chi connectivity index (χ2v) is 9.13. The number of carbonyl (C=O) groups excluding carboxylic acids is 3. The number of amides is 4.